The number of amides is 1. The zero-order chi connectivity index (χ0) is 20.2. The van der Waals surface area contributed by atoms with Crippen molar-refractivity contribution < 1.29 is 14.3 Å². The first kappa shape index (κ1) is 19.5. The van der Waals surface area contributed by atoms with E-state index in [1.807, 2.05) is 29.2 Å². The number of nitrogens with one attached hydrogen (secondary N) is 1. The summed E-state index contributed by atoms with van der Waals surface area (Å²) in [5, 5.41) is 3.43. The molecule has 0 saturated carbocycles. The van der Waals surface area contributed by atoms with Gasteiger partial charge in [0.2, 0.25) is 0 Å². The van der Waals surface area contributed by atoms with Gasteiger partial charge in [0.1, 0.15) is 0 Å². The van der Waals surface area contributed by atoms with Crippen LogP contribution in [0.4, 0.5) is 5.69 Å². The van der Waals surface area contributed by atoms with Crippen molar-refractivity contribution in [1.82, 2.24) is 4.90 Å². The molecule has 2 aromatic rings. The van der Waals surface area contributed by atoms with Crippen LogP contribution in [0.15, 0.2) is 42.5 Å². The fraction of sp³-hybridized carbons (Fsp3) is 0.417. The van der Waals surface area contributed by atoms with Crippen LogP contribution in [0.2, 0.25) is 0 Å². The van der Waals surface area contributed by atoms with Crippen LogP contribution in [0.25, 0.3) is 0 Å². The Morgan fingerprint density at radius 2 is 1.93 bits per heavy atom. The molecular formula is C24H28N2O3. The minimum absolute atomic E-state index is 0.146. The Hall–Kier alpha value is -2.82. The highest BCUT2D eigenvalue weighted by atomic mass is 16.5. The second-order valence-electron chi connectivity index (χ2n) is 8.05. The maximum absolute atomic E-state index is 13.1. The maximum atomic E-state index is 13.1. The van der Waals surface area contributed by atoms with Gasteiger partial charge < -0.3 is 15.0 Å². The zero-order valence-electron chi connectivity index (χ0n) is 16.9. The minimum Gasteiger partial charge on any atom is -0.469 e. The number of esters is 1. The summed E-state index contributed by atoms with van der Waals surface area (Å²) in [4.78, 5) is 26.5. The van der Waals surface area contributed by atoms with Crippen LogP contribution in [0.1, 0.15) is 39.9 Å². The Morgan fingerprint density at radius 3 is 2.72 bits per heavy atom. The molecule has 2 aliphatic heterocycles. The number of para-hydroxylation sites is 1. The largest absolute Gasteiger partial charge is 0.469 e. The summed E-state index contributed by atoms with van der Waals surface area (Å²) in [6, 6.07) is 14.2. The third-order valence-corrected chi connectivity index (χ3v) is 6.00. The molecule has 5 heteroatoms. The number of likely N-dealkylation sites (tertiary alicyclic amines) is 1. The van der Waals surface area contributed by atoms with Gasteiger partial charge in [0, 0.05) is 19.6 Å². The summed E-state index contributed by atoms with van der Waals surface area (Å²) in [5.41, 5.74) is 5.31. The number of aryl methyl sites for hydroxylation is 1. The Bertz CT molecular complexity index is 891. The first-order valence-corrected chi connectivity index (χ1v) is 10.4. The lowest BCUT2D eigenvalue weighted by Gasteiger charge is -2.23. The lowest BCUT2D eigenvalue weighted by Crippen LogP contribution is -2.30. The van der Waals surface area contributed by atoms with Crippen LogP contribution < -0.4 is 5.32 Å². The van der Waals surface area contributed by atoms with Crippen LogP contribution in [0.5, 0.6) is 0 Å². The average Bonchev–Trinajstić information content (AvgIpc) is 3.22. The van der Waals surface area contributed by atoms with E-state index >= 15 is 0 Å². The number of anilines is 1. The van der Waals surface area contributed by atoms with Crippen molar-refractivity contribution in [2.45, 2.75) is 32.1 Å². The minimum atomic E-state index is -0.222. The Morgan fingerprint density at radius 1 is 1.14 bits per heavy atom. The van der Waals surface area contributed by atoms with Crippen molar-refractivity contribution in [3.8, 4) is 0 Å². The molecule has 0 spiro atoms. The second kappa shape index (κ2) is 8.68. The van der Waals surface area contributed by atoms with Crippen molar-refractivity contribution in [2.24, 2.45) is 5.92 Å². The molecule has 1 N–H and O–H groups in total. The predicted octanol–water partition coefficient (Wildman–Crippen LogP) is 3.47. The van der Waals surface area contributed by atoms with Crippen LogP contribution in [0, 0.1) is 5.92 Å². The number of carbonyl (C=O) groups excluding carboxylic acids is 2. The van der Waals surface area contributed by atoms with Crippen LogP contribution >= 0.6 is 0 Å². The Labute approximate surface area is 172 Å². The predicted molar refractivity (Wildman–Crippen MR) is 113 cm³/mol. The van der Waals surface area contributed by atoms with E-state index in [4.69, 9.17) is 4.74 Å². The molecular weight excluding hydrogens is 364 g/mol. The normalized spacial score (nSPS) is 18.1. The van der Waals surface area contributed by atoms with Gasteiger partial charge in [0.15, 0.2) is 0 Å². The number of benzene rings is 2. The van der Waals surface area contributed by atoms with Gasteiger partial charge in [-0.05, 0) is 54.4 Å². The molecule has 1 fully saturated rings. The molecule has 29 heavy (non-hydrogen) atoms. The van der Waals surface area contributed by atoms with Gasteiger partial charge in [0.25, 0.3) is 5.91 Å². The van der Waals surface area contributed by atoms with Crippen molar-refractivity contribution in [1.29, 1.82) is 0 Å². The number of carbonyl (C=O) groups is 2. The molecule has 0 aromatic heterocycles. The number of ether oxygens (including phenoxy) is 1. The molecule has 5 nitrogen and oxygen atoms in total. The number of hydrogen-bond donors (Lipinski definition) is 1. The monoisotopic (exact) mass is 392 g/mol. The molecule has 2 aliphatic rings. The number of nitrogens with zero attached hydrogens (tertiary/aromatic N) is 1. The molecule has 1 saturated heterocycles. The summed E-state index contributed by atoms with van der Waals surface area (Å²) in [6.45, 7) is 2.55. The lowest BCUT2D eigenvalue weighted by atomic mass is 9.97. The summed E-state index contributed by atoms with van der Waals surface area (Å²) in [6.07, 6.45) is 4.44. The van der Waals surface area contributed by atoms with Crippen LogP contribution in [-0.4, -0.2) is 43.5 Å². The third kappa shape index (κ3) is 4.44. The Kier molecular flexibility index (Phi) is 5.84. The smallest absolute Gasteiger partial charge is 0.309 e. The molecule has 0 radical (unpaired) electrons. The van der Waals surface area contributed by atoms with Crippen molar-refractivity contribution in [2.75, 3.05) is 32.1 Å². The fourth-order valence-corrected chi connectivity index (χ4v) is 4.41. The van der Waals surface area contributed by atoms with Crippen molar-refractivity contribution in [3.05, 3.63) is 64.7 Å². The summed E-state index contributed by atoms with van der Waals surface area (Å²) < 4.78 is 4.72. The Balaban J connectivity index is 1.37. The van der Waals surface area contributed by atoms with E-state index in [0.29, 0.717) is 12.3 Å². The summed E-state index contributed by atoms with van der Waals surface area (Å²) in [7, 11) is 1.41. The molecule has 0 bridgehead atoms. The topological polar surface area (TPSA) is 58.6 Å². The van der Waals surface area contributed by atoms with Gasteiger partial charge in [-0.25, -0.2) is 0 Å². The molecule has 1 amide bonds. The van der Waals surface area contributed by atoms with Crippen LogP contribution in [-0.2, 0) is 28.8 Å². The number of fused-ring (bicyclic) bond motifs is 1. The zero-order valence-corrected chi connectivity index (χ0v) is 16.9. The molecule has 1 unspecified atom stereocenters. The van der Waals surface area contributed by atoms with Gasteiger partial charge in [0.05, 0.1) is 24.8 Å². The first-order chi connectivity index (χ1) is 14.1. The van der Waals surface area contributed by atoms with E-state index in [0.717, 1.165) is 62.1 Å². The fourth-order valence-electron chi connectivity index (χ4n) is 4.41. The van der Waals surface area contributed by atoms with E-state index in [-0.39, 0.29) is 11.9 Å². The number of hydrogen-bond acceptors (Lipinski definition) is 4. The average molecular weight is 392 g/mol. The van der Waals surface area contributed by atoms with E-state index in [2.05, 4.69) is 23.5 Å². The lowest BCUT2D eigenvalue weighted by molar-refractivity contribution is -0.139. The number of methoxy groups -OCH3 is 1. The highest BCUT2D eigenvalue weighted by Gasteiger charge is 2.29. The van der Waals surface area contributed by atoms with Gasteiger partial charge in [-0.1, -0.05) is 36.4 Å². The van der Waals surface area contributed by atoms with E-state index in [9.17, 15) is 9.59 Å². The molecule has 2 heterocycles. The molecule has 2 aromatic carbocycles. The van der Waals surface area contributed by atoms with E-state index in [1.165, 1.54) is 18.2 Å². The highest BCUT2D eigenvalue weighted by molar-refractivity contribution is 6.00. The third-order valence-electron chi connectivity index (χ3n) is 6.00. The summed E-state index contributed by atoms with van der Waals surface area (Å²) in [5.74, 6) is 0.394. The standard InChI is InChI=1S/C24H28N2O3/c1-29-22(27)15-18-9-7-17(8-10-18)14-19-11-13-26(16-19)24(28)21-6-2-4-20-5-3-12-25-23(20)21/h2,4,6-10,19,25H,3,5,11-16H2,1H3. The maximum Gasteiger partial charge on any atom is 0.309 e. The van der Waals surface area contributed by atoms with Gasteiger partial charge in [-0.2, -0.15) is 0 Å². The molecule has 1 atom stereocenters. The van der Waals surface area contributed by atoms with E-state index in [1.54, 1.807) is 0 Å². The van der Waals surface area contributed by atoms with Crippen LogP contribution in [0.3, 0.4) is 0 Å². The first-order valence-electron chi connectivity index (χ1n) is 10.4. The van der Waals surface area contributed by atoms with Crippen molar-refractivity contribution >= 4 is 17.6 Å². The SMILES string of the molecule is COC(=O)Cc1ccc(CC2CCN(C(=O)c3cccc4c3NCCC4)C2)cc1. The summed E-state index contributed by atoms with van der Waals surface area (Å²) >= 11 is 0. The number of rotatable bonds is 5. The van der Waals surface area contributed by atoms with E-state index < -0.39 is 0 Å². The molecule has 4 rings (SSSR count). The quantitative estimate of drug-likeness (QED) is 0.792. The van der Waals surface area contributed by atoms with Gasteiger partial charge >= 0.3 is 5.97 Å². The molecule has 0 aliphatic carbocycles. The highest BCUT2D eigenvalue weighted by Crippen LogP contribution is 2.29. The molecule has 152 valence electrons. The van der Waals surface area contributed by atoms with Crippen molar-refractivity contribution in [3.63, 3.8) is 0 Å². The second-order valence-corrected chi connectivity index (χ2v) is 8.05. The van der Waals surface area contributed by atoms with Gasteiger partial charge in [-0.15, -0.1) is 0 Å². The van der Waals surface area contributed by atoms with Gasteiger partial charge in [-0.3, -0.25) is 9.59 Å².